The SMILES string of the molecule is CCCNCc1ccc(N(C)CC(O)COC)c(Br)c1. The Bertz CT molecular complexity index is 401. The molecule has 1 aromatic rings. The first kappa shape index (κ1) is 17.4. The first-order chi connectivity index (χ1) is 9.58. The smallest absolute Gasteiger partial charge is 0.0947 e. The average Bonchev–Trinajstić information content (AvgIpc) is 2.39. The summed E-state index contributed by atoms with van der Waals surface area (Å²) in [5.74, 6) is 0. The molecule has 1 rings (SSSR count). The molecule has 0 aromatic heterocycles. The lowest BCUT2D eigenvalue weighted by molar-refractivity contribution is 0.0695. The van der Waals surface area contributed by atoms with Crippen LogP contribution in [0.4, 0.5) is 5.69 Å². The summed E-state index contributed by atoms with van der Waals surface area (Å²) < 4.78 is 5.99. The van der Waals surface area contributed by atoms with Crippen molar-refractivity contribution in [3.63, 3.8) is 0 Å². The van der Waals surface area contributed by atoms with Crippen LogP contribution >= 0.6 is 15.9 Å². The van der Waals surface area contributed by atoms with Crippen LogP contribution in [0.3, 0.4) is 0 Å². The van der Waals surface area contributed by atoms with Crippen LogP contribution in [-0.2, 0) is 11.3 Å². The Balaban J connectivity index is 2.62. The van der Waals surface area contributed by atoms with Gasteiger partial charge in [-0.2, -0.15) is 0 Å². The van der Waals surface area contributed by atoms with E-state index in [1.54, 1.807) is 7.11 Å². The molecule has 114 valence electrons. The van der Waals surface area contributed by atoms with E-state index in [0.717, 1.165) is 29.7 Å². The van der Waals surface area contributed by atoms with Crippen molar-refractivity contribution < 1.29 is 9.84 Å². The first-order valence-electron chi connectivity index (χ1n) is 6.95. The number of anilines is 1. The number of hydrogen-bond acceptors (Lipinski definition) is 4. The number of halogens is 1. The van der Waals surface area contributed by atoms with Crippen molar-refractivity contribution in [1.82, 2.24) is 5.32 Å². The van der Waals surface area contributed by atoms with Gasteiger partial charge in [0.05, 0.1) is 18.4 Å². The lowest BCUT2D eigenvalue weighted by Crippen LogP contribution is -2.32. The minimum atomic E-state index is -0.484. The zero-order valence-corrected chi connectivity index (χ0v) is 14.1. The van der Waals surface area contributed by atoms with Crippen molar-refractivity contribution in [3.05, 3.63) is 28.2 Å². The van der Waals surface area contributed by atoms with Crippen LogP contribution in [0.2, 0.25) is 0 Å². The van der Waals surface area contributed by atoms with Gasteiger partial charge in [-0.25, -0.2) is 0 Å². The van der Waals surface area contributed by atoms with Crippen LogP contribution in [0.15, 0.2) is 22.7 Å². The molecule has 0 aliphatic carbocycles. The summed E-state index contributed by atoms with van der Waals surface area (Å²) in [6.07, 6.45) is 0.655. The highest BCUT2D eigenvalue weighted by atomic mass is 79.9. The van der Waals surface area contributed by atoms with Gasteiger partial charge in [0.1, 0.15) is 0 Å². The van der Waals surface area contributed by atoms with Crippen molar-refractivity contribution in [3.8, 4) is 0 Å². The Morgan fingerprint density at radius 3 is 2.80 bits per heavy atom. The average molecular weight is 345 g/mol. The zero-order chi connectivity index (χ0) is 15.0. The second-order valence-corrected chi connectivity index (χ2v) is 5.81. The third-order valence-electron chi connectivity index (χ3n) is 3.02. The second-order valence-electron chi connectivity index (χ2n) is 4.95. The number of aliphatic hydroxyl groups excluding tert-OH is 1. The van der Waals surface area contributed by atoms with E-state index in [0.29, 0.717) is 13.2 Å². The summed E-state index contributed by atoms with van der Waals surface area (Å²) in [4.78, 5) is 2.02. The van der Waals surface area contributed by atoms with Crippen LogP contribution in [0.1, 0.15) is 18.9 Å². The number of likely N-dealkylation sites (N-methyl/N-ethyl adjacent to an activating group) is 1. The Kier molecular flexibility index (Phi) is 8.14. The standard InChI is InChI=1S/C15H25BrN2O2/c1-4-7-17-9-12-5-6-15(14(16)8-12)18(2)10-13(19)11-20-3/h5-6,8,13,17,19H,4,7,9-11H2,1-3H3. The summed E-state index contributed by atoms with van der Waals surface area (Å²) in [5.41, 5.74) is 2.32. The highest BCUT2D eigenvalue weighted by Crippen LogP contribution is 2.26. The van der Waals surface area contributed by atoms with E-state index in [-0.39, 0.29) is 0 Å². The van der Waals surface area contributed by atoms with Crippen molar-refractivity contribution in [2.45, 2.75) is 26.0 Å². The van der Waals surface area contributed by atoms with Gasteiger partial charge in [0, 0.05) is 31.7 Å². The quantitative estimate of drug-likeness (QED) is 0.675. The van der Waals surface area contributed by atoms with E-state index in [2.05, 4.69) is 46.4 Å². The zero-order valence-electron chi connectivity index (χ0n) is 12.5. The fourth-order valence-corrected chi connectivity index (χ4v) is 2.77. The topological polar surface area (TPSA) is 44.7 Å². The van der Waals surface area contributed by atoms with E-state index in [1.807, 2.05) is 11.9 Å². The second kappa shape index (κ2) is 9.34. The Morgan fingerprint density at radius 1 is 1.45 bits per heavy atom. The maximum Gasteiger partial charge on any atom is 0.0947 e. The molecule has 0 spiro atoms. The Hall–Kier alpha value is -0.620. The Morgan fingerprint density at radius 2 is 2.20 bits per heavy atom. The van der Waals surface area contributed by atoms with Crippen molar-refractivity contribution in [2.75, 3.05) is 38.8 Å². The number of aliphatic hydroxyl groups is 1. The molecule has 0 saturated heterocycles. The summed E-state index contributed by atoms with van der Waals surface area (Å²) in [7, 11) is 3.56. The molecule has 0 aliphatic heterocycles. The molecule has 20 heavy (non-hydrogen) atoms. The van der Waals surface area contributed by atoms with Crippen LogP contribution in [-0.4, -0.2) is 45.1 Å². The number of ether oxygens (including phenoxy) is 1. The van der Waals surface area contributed by atoms with Crippen LogP contribution in [0.25, 0.3) is 0 Å². The van der Waals surface area contributed by atoms with Gasteiger partial charge in [0.25, 0.3) is 0 Å². The minimum Gasteiger partial charge on any atom is -0.389 e. The molecule has 0 heterocycles. The number of nitrogens with zero attached hydrogens (tertiary/aromatic N) is 1. The van der Waals surface area contributed by atoms with Crippen molar-refractivity contribution >= 4 is 21.6 Å². The van der Waals surface area contributed by atoms with Crippen molar-refractivity contribution in [1.29, 1.82) is 0 Å². The summed E-state index contributed by atoms with van der Waals surface area (Å²) in [6.45, 7) is 4.96. The Labute approximate surface area is 130 Å². The predicted molar refractivity (Wildman–Crippen MR) is 87.3 cm³/mol. The minimum absolute atomic E-state index is 0.348. The molecule has 0 fully saturated rings. The highest BCUT2D eigenvalue weighted by Gasteiger charge is 2.11. The van der Waals surface area contributed by atoms with Gasteiger partial charge < -0.3 is 20.1 Å². The maximum atomic E-state index is 9.78. The van der Waals surface area contributed by atoms with Gasteiger partial charge >= 0.3 is 0 Å². The van der Waals surface area contributed by atoms with E-state index < -0.39 is 6.10 Å². The highest BCUT2D eigenvalue weighted by molar-refractivity contribution is 9.10. The van der Waals surface area contributed by atoms with Gasteiger partial charge in [-0.15, -0.1) is 0 Å². The third-order valence-corrected chi connectivity index (χ3v) is 3.66. The predicted octanol–water partition coefficient (Wildman–Crippen LogP) is 2.39. The molecule has 1 unspecified atom stereocenters. The first-order valence-corrected chi connectivity index (χ1v) is 7.75. The summed E-state index contributed by atoms with van der Waals surface area (Å²) >= 11 is 3.60. The fourth-order valence-electron chi connectivity index (χ4n) is 2.04. The molecule has 0 bridgehead atoms. The maximum absolute atomic E-state index is 9.78. The number of rotatable bonds is 9. The monoisotopic (exact) mass is 344 g/mol. The van der Waals surface area contributed by atoms with Gasteiger partial charge in [-0.1, -0.05) is 13.0 Å². The lowest BCUT2D eigenvalue weighted by atomic mass is 10.2. The number of methoxy groups -OCH3 is 1. The largest absolute Gasteiger partial charge is 0.389 e. The number of nitrogens with one attached hydrogen (secondary N) is 1. The normalized spacial score (nSPS) is 12.4. The molecule has 5 heteroatoms. The third kappa shape index (κ3) is 5.79. The number of hydrogen-bond donors (Lipinski definition) is 2. The molecule has 2 N–H and O–H groups in total. The summed E-state index contributed by atoms with van der Waals surface area (Å²) in [6, 6.07) is 6.31. The molecule has 1 atom stereocenters. The van der Waals surface area contributed by atoms with E-state index in [4.69, 9.17) is 4.74 Å². The molecular weight excluding hydrogens is 320 g/mol. The van der Waals surface area contributed by atoms with Crippen LogP contribution in [0.5, 0.6) is 0 Å². The fraction of sp³-hybridized carbons (Fsp3) is 0.600. The van der Waals surface area contributed by atoms with Crippen LogP contribution < -0.4 is 10.2 Å². The molecule has 0 amide bonds. The molecule has 0 aliphatic rings. The van der Waals surface area contributed by atoms with Gasteiger partial charge in [-0.3, -0.25) is 0 Å². The molecular formula is C15H25BrN2O2. The van der Waals surface area contributed by atoms with Crippen molar-refractivity contribution in [2.24, 2.45) is 0 Å². The van der Waals surface area contributed by atoms with Gasteiger partial charge in [-0.05, 0) is 46.6 Å². The molecule has 4 nitrogen and oxygen atoms in total. The summed E-state index contributed by atoms with van der Waals surface area (Å²) in [5, 5.41) is 13.2. The molecule has 0 radical (unpaired) electrons. The van der Waals surface area contributed by atoms with E-state index in [1.165, 1.54) is 5.56 Å². The van der Waals surface area contributed by atoms with Gasteiger partial charge in [0.15, 0.2) is 0 Å². The van der Waals surface area contributed by atoms with Crippen LogP contribution in [0, 0.1) is 0 Å². The van der Waals surface area contributed by atoms with Gasteiger partial charge in [0.2, 0.25) is 0 Å². The number of benzene rings is 1. The van der Waals surface area contributed by atoms with E-state index >= 15 is 0 Å². The molecule has 0 saturated carbocycles. The lowest BCUT2D eigenvalue weighted by Gasteiger charge is -2.24. The van der Waals surface area contributed by atoms with E-state index in [9.17, 15) is 5.11 Å². The molecule has 1 aromatic carbocycles.